The van der Waals surface area contributed by atoms with Gasteiger partial charge in [0.05, 0.1) is 0 Å². The molecule has 0 heterocycles. The summed E-state index contributed by atoms with van der Waals surface area (Å²) in [6.07, 6.45) is 2.33. The standard InChI is InChI=1S/C11H14Br2FN/c12-5-1-2-6-15-8-9-3-4-10(14)7-11(9)13/h3-4,7,15H,1-2,5-6,8H2. The van der Waals surface area contributed by atoms with E-state index in [1.165, 1.54) is 18.6 Å². The van der Waals surface area contributed by atoms with Crippen molar-refractivity contribution in [2.45, 2.75) is 19.4 Å². The van der Waals surface area contributed by atoms with Crippen molar-refractivity contribution in [3.8, 4) is 0 Å². The first-order valence-corrected chi connectivity index (χ1v) is 6.86. The number of nitrogens with one attached hydrogen (secondary N) is 1. The third-order valence-electron chi connectivity index (χ3n) is 2.07. The van der Waals surface area contributed by atoms with Crippen molar-refractivity contribution in [1.82, 2.24) is 5.32 Å². The molecule has 0 radical (unpaired) electrons. The molecule has 0 atom stereocenters. The molecule has 0 bridgehead atoms. The van der Waals surface area contributed by atoms with Crippen LogP contribution < -0.4 is 5.32 Å². The van der Waals surface area contributed by atoms with Gasteiger partial charge < -0.3 is 5.32 Å². The summed E-state index contributed by atoms with van der Waals surface area (Å²) in [7, 11) is 0. The topological polar surface area (TPSA) is 12.0 Å². The Morgan fingerprint density at radius 2 is 2.07 bits per heavy atom. The molecule has 0 aliphatic heterocycles. The van der Waals surface area contributed by atoms with E-state index < -0.39 is 0 Å². The summed E-state index contributed by atoms with van der Waals surface area (Å²) in [5, 5.41) is 4.37. The van der Waals surface area contributed by atoms with Crippen LogP contribution in [0.25, 0.3) is 0 Å². The first kappa shape index (κ1) is 13.1. The highest BCUT2D eigenvalue weighted by Gasteiger charge is 2.00. The zero-order chi connectivity index (χ0) is 11.1. The molecule has 84 valence electrons. The highest BCUT2D eigenvalue weighted by atomic mass is 79.9. The molecule has 1 rings (SSSR count). The Labute approximate surface area is 107 Å². The Kier molecular flexibility index (Phi) is 6.45. The lowest BCUT2D eigenvalue weighted by molar-refractivity contribution is 0.620. The predicted octanol–water partition coefficient (Wildman–Crippen LogP) is 3.85. The van der Waals surface area contributed by atoms with Crippen LogP contribution in [0.15, 0.2) is 22.7 Å². The quantitative estimate of drug-likeness (QED) is 0.613. The number of halogens is 3. The van der Waals surface area contributed by atoms with Crippen LogP contribution in [0.1, 0.15) is 18.4 Å². The Morgan fingerprint density at radius 1 is 1.27 bits per heavy atom. The van der Waals surface area contributed by atoms with E-state index in [0.29, 0.717) is 0 Å². The Hall–Kier alpha value is 0.0700. The summed E-state index contributed by atoms with van der Waals surface area (Å²) in [5.41, 5.74) is 1.09. The Balaban J connectivity index is 2.31. The van der Waals surface area contributed by atoms with Gasteiger partial charge in [0.25, 0.3) is 0 Å². The lowest BCUT2D eigenvalue weighted by Crippen LogP contribution is -2.15. The van der Waals surface area contributed by atoms with E-state index in [-0.39, 0.29) is 5.82 Å². The molecule has 0 saturated carbocycles. The smallest absolute Gasteiger partial charge is 0.124 e. The number of rotatable bonds is 6. The molecule has 0 amide bonds. The average Bonchev–Trinajstić information content (AvgIpc) is 2.20. The molecule has 4 heteroatoms. The zero-order valence-electron chi connectivity index (χ0n) is 8.40. The summed E-state index contributed by atoms with van der Waals surface area (Å²) in [4.78, 5) is 0. The van der Waals surface area contributed by atoms with Crippen molar-refractivity contribution < 1.29 is 4.39 Å². The molecule has 1 nitrogen and oxygen atoms in total. The van der Waals surface area contributed by atoms with Gasteiger partial charge in [-0.25, -0.2) is 4.39 Å². The lowest BCUT2D eigenvalue weighted by Gasteiger charge is -2.06. The normalized spacial score (nSPS) is 10.6. The van der Waals surface area contributed by atoms with Crippen LogP contribution in [0, 0.1) is 5.82 Å². The minimum absolute atomic E-state index is 0.204. The van der Waals surface area contributed by atoms with Gasteiger partial charge in [0.1, 0.15) is 5.82 Å². The molecule has 0 aliphatic rings. The number of unbranched alkanes of at least 4 members (excludes halogenated alkanes) is 1. The predicted molar refractivity (Wildman–Crippen MR) is 68.8 cm³/mol. The largest absolute Gasteiger partial charge is 0.313 e. The van der Waals surface area contributed by atoms with Crippen molar-refractivity contribution in [2.24, 2.45) is 0 Å². The first-order valence-electron chi connectivity index (χ1n) is 4.94. The molecule has 1 aromatic rings. The van der Waals surface area contributed by atoms with Crippen LogP contribution >= 0.6 is 31.9 Å². The van der Waals surface area contributed by atoms with Gasteiger partial charge >= 0.3 is 0 Å². The van der Waals surface area contributed by atoms with Gasteiger partial charge in [-0.15, -0.1) is 0 Å². The summed E-state index contributed by atoms with van der Waals surface area (Å²) in [6.45, 7) is 1.78. The molecule has 0 spiro atoms. The van der Waals surface area contributed by atoms with Crippen LogP contribution in [-0.2, 0) is 6.54 Å². The summed E-state index contributed by atoms with van der Waals surface area (Å²) >= 11 is 6.73. The first-order chi connectivity index (χ1) is 7.24. The maximum atomic E-state index is 12.8. The van der Waals surface area contributed by atoms with Crippen molar-refractivity contribution in [3.63, 3.8) is 0 Å². The van der Waals surface area contributed by atoms with Crippen LogP contribution in [-0.4, -0.2) is 11.9 Å². The molecule has 0 unspecified atom stereocenters. The second-order valence-electron chi connectivity index (χ2n) is 3.31. The molecule has 1 N–H and O–H groups in total. The maximum absolute atomic E-state index is 12.8. The third kappa shape index (κ3) is 5.09. The van der Waals surface area contributed by atoms with Crippen LogP contribution in [0.2, 0.25) is 0 Å². The SMILES string of the molecule is Fc1ccc(CNCCCCBr)c(Br)c1. The van der Waals surface area contributed by atoms with E-state index in [4.69, 9.17) is 0 Å². The van der Waals surface area contributed by atoms with Gasteiger partial charge in [0.15, 0.2) is 0 Å². The highest BCUT2D eigenvalue weighted by molar-refractivity contribution is 9.10. The fraction of sp³-hybridized carbons (Fsp3) is 0.455. The van der Waals surface area contributed by atoms with E-state index >= 15 is 0 Å². The second-order valence-corrected chi connectivity index (χ2v) is 4.96. The van der Waals surface area contributed by atoms with E-state index in [1.807, 2.05) is 0 Å². The van der Waals surface area contributed by atoms with Gasteiger partial charge in [0.2, 0.25) is 0 Å². The summed E-state index contributed by atoms with van der Waals surface area (Å²) in [6, 6.07) is 4.78. The average molecular weight is 339 g/mol. The van der Waals surface area contributed by atoms with Crippen LogP contribution in [0.3, 0.4) is 0 Å². The van der Waals surface area contributed by atoms with E-state index in [0.717, 1.165) is 34.9 Å². The van der Waals surface area contributed by atoms with Gasteiger partial charge in [-0.05, 0) is 37.1 Å². The molecular formula is C11H14Br2FN. The van der Waals surface area contributed by atoms with Crippen molar-refractivity contribution in [3.05, 3.63) is 34.1 Å². The number of hydrogen-bond acceptors (Lipinski definition) is 1. The summed E-state index contributed by atoms with van der Waals surface area (Å²) in [5.74, 6) is -0.204. The number of alkyl halides is 1. The number of hydrogen-bond donors (Lipinski definition) is 1. The fourth-order valence-corrected chi connectivity index (χ4v) is 2.12. The van der Waals surface area contributed by atoms with E-state index in [1.54, 1.807) is 6.07 Å². The molecule has 15 heavy (non-hydrogen) atoms. The monoisotopic (exact) mass is 337 g/mol. The molecule has 0 fully saturated rings. The molecule has 0 aliphatic carbocycles. The zero-order valence-corrected chi connectivity index (χ0v) is 11.6. The van der Waals surface area contributed by atoms with Crippen LogP contribution in [0.5, 0.6) is 0 Å². The lowest BCUT2D eigenvalue weighted by atomic mass is 10.2. The van der Waals surface area contributed by atoms with Crippen molar-refractivity contribution in [2.75, 3.05) is 11.9 Å². The second kappa shape index (κ2) is 7.36. The molecule has 0 saturated heterocycles. The van der Waals surface area contributed by atoms with Gasteiger partial charge in [-0.1, -0.05) is 37.9 Å². The van der Waals surface area contributed by atoms with Crippen molar-refractivity contribution in [1.29, 1.82) is 0 Å². The maximum Gasteiger partial charge on any atom is 0.124 e. The van der Waals surface area contributed by atoms with E-state index in [9.17, 15) is 4.39 Å². The minimum atomic E-state index is -0.204. The third-order valence-corrected chi connectivity index (χ3v) is 3.37. The molecule has 0 aromatic heterocycles. The molecule has 1 aromatic carbocycles. The van der Waals surface area contributed by atoms with Gasteiger partial charge in [-0.3, -0.25) is 0 Å². The molecular weight excluding hydrogens is 325 g/mol. The summed E-state index contributed by atoms with van der Waals surface area (Å²) < 4.78 is 13.6. The Bertz CT molecular complexity index is 305. The van der Waals surface area contributed by atoms with Gasteiger partial charge in [-0.2, -0.15) is 0 Å². The van der Waals surface area contributed by atoms with E-state index in [2.05, 4.69) is 37.2 Å². The van der Waals surface area contributed by atoms with Gasteiger partial charge in [0, 0.05) is 16.3 Å². The van der Waals surface area contributed by atoms with Crippen LogP contribution in [0.4, 0.5) is 4.39 Å². The highest BCUT2D eigenvalue weighted by Crippen LogP contribution is 2.17. The minimum Gasteiger partial charge on any atom is -0.313 e. The Morgan fingerprint density at radius 3 is 2.73 bits per heavy atom. The fourth-order valence-electron chi connectivity index (χ4n) is 1.23. The van der Waals surface area contributed by atoms with Crippen molar-refractivity contribution >= 4 is 31.9 Å². The number of benzene rings is 1.